The fourth-order valence-corrected chi connectivity index (χ4v) is 4.47. The fourth-order valence-electron chi connectivity index (χ4n) is 2.67. The average molecular weight is 333 g/mol. The molecule has 4 nitrogen and oxygen atoms in total. The van der Waals surface area contributed by atoms with E-state index >= 15 is 0 Å². The van der Waals surface area contributed by atoms with Gasteiger partial charge >= 0.3 is 0 Å². The normalized spacial score (nSPS) is 18.4. The fraction of sp³-hybridized carbons (Fsp3) is 0.600. The van der Waals surface area contributed by atoms with Crippen LogP contribution in [-0.2, 0) is 20.2 Å². The summed E-state index contributed by atoms with van der Waals surface area (Å²) in [6.45, 7) is 3.51. The number of aryl methyl sites for hydroxylation is 1. The number of benzene rings is 1. The van der Waals surface area contributed by atoms with E-state index in [2.05, 4.69) is 6.92 Å². The quantitative estimate of drug-likeness (QED) is 0.751. The van der Waals surface area contributed by atoms with Gasteiger partial charge in [-0.25, -0.2) is 8.42 Å². The van der Waals surface area contributed by atoms with Crippen LogP contribution in [0.2, 0.25) is 0 Å². The minimum absolute atomic E-state index is 0.0702. The first-order chi connectivity index (χ1) is 9.94. The van der Waals surface area contributed by atoms with Gasteiger partial charge in [0.1, 0.15) is 5.75 Å². The molecule has 21 heavy (non-hydrogen) atoms. The van der Waals surface area contributed by atoms with Gasteiger partial charge in [-0.05, 0) is 30.9 Å². The first kappa shape index (κ1) is 16.6. The van der Waals surface area contributed by atoms with Gasteiger partial charge in [0.15, 0.2) is 0 Å². The minimum atomic E-state index is -3.57. The molecule has 0 spiro atoms. The molecule has 0 saturated carbocycles. The summed E-state index contributed by atoms with van der Waals surface area (Å²) < 4.78 is 34.3. The van der Waals surface area contributed by atoms with Gasteiger partial charge in [-0.15, -0.1) is 0 Å². The largest absolute Gasteiger partial charge is 0.493 e. The lowest BCUT2D eigenvalue weighted by Gasteiger charge is -2.36. The summed E-state index contributed by atoms with van der Waals surface area (Å²) in [5.41, 5.74) is 0.660. The van der Waals surface area contributed by atoms with Crippen molar-refractivity contribution < 1.29 is 17.9 Å². The molecule has 0 bridgehead atoms. The van der Waals surface area contributed by atoms with Gasteiger partial charge in [0.05, 0.1) is 12.4 Å². The molecular formula is C15H21ClO4S. The standard InChI is InChI=1S/C15H21ClO4S/c1-2-13-5-3-4-6-14(13)20-11-15(12-21(16,17)18)7-9-19-10-8-15/h3-6H,2,7-12H2,1H3. The van der Waals surface area contributed by atoms with E-state index in [4.69, 9.17) is 20.2 Å². The molecule has 1 aliphatic heterocycles. The Morgan fingerprint density at radius 1 is 1.29 bits per heavy atom. The third-order valence-corrected chi connectivity index (χ3v) is 5.20. The molecule has 1 aliphatic rings. The van der Waals surface area contributed by atoms with Crippen molar-refractivity contribution in [3.63, 3.8) is 0 Å². The van der Waals surface area contributed by atoms with Crippen LogP contribution in [-0.4, -0.2) is 34.0 Å². The summed E-state index contributed by atoms with van der Waals surface area (Å²) in [4.78, 5) is 0. The molecule has 0 amide bonds. The average Bonchev–Trinajstić information content (AvgIpc) is 2.45. The number of para-hydroxylation sites is 1. The highest BCUT2D eigenvalue weighted by molar-refractivity contribution is 8.13. The summed E-state index contributed by atoms with van der Waals surface area (Å²) in [5, 5.41) is 0. The maximum absolute atomic E-state index is 11.5. The lowest BCUT2D eigenvalue weighted by atomic mass is 9.83. The third kappa shape index (κ3) is 4.87. The summed E-state index contributed by atoms with van der Waals surface area (Å²) in [7, 11) is 1.91. The van der Waals surface area contributed by atoms with E-state index in [-0.39, 0.29) is 5.75 Å². The zero-order valence-corrected chi connectivity index (χ0v) is 13.8. The molecule has 6 heteroatoms. The summed E-state index contributed by atoms with van der Waals surface area (Å²) in [6, 6.07) is 7.83. The van der Waals surface area contributed by atoms with Crippen molar-refractivity contribution in [2.45, 2.75) is 26.2 Å². The molecule has 1 saturated heterocycles. The number of hydrogen-bond donors (Lipinski definition) is 0. The monoisotopic (exact) mass is 332 g/mol. The van der Waals surface area contributed by atoms with E-state index in [1.54, 1.807) is 0 Å². The maximum atomic E-state index is 11.5. The van der Waals surface area contributed by atoms with E-state index in [0.717, 1.165) is 17.7 Å². The maximum Gasteiger partial charge on any atom is 0.233 e. The second kappa shape index (κ2) is 6.99. The van der Waals surface area contributed by atoms with Crippen molar-refractivity contribution in [2.75, 3.05) is 25.6 Å². The highest BCUT2D eigenvalue weighted by atomic mass is 35.7. The van der Waals surface area contributed by atoms with Gasteiger partial charge in [-0.1, -0.05) is 25.1 Å². The third-order valence-electron chi connectivity index (χ3n) is 3.92. The Morgan fingerprint density at radius 3 is 2.57 bits per heavy atom. The molecule has 1 fully saturated rings. The van der Waals surface area contributed by atoms with Crippen LogP contribution in [0.1, 0.15) is 25.3 Å². The Morgan fingerprint density at radius 2 is 1.95 bits per heavy atom. The van der Waals surface area contributed by atoms with Crippen LogP contribution in [0.5, 0.6) is 5.75 Å². The van der Waals surface area contributed by atoms with E-state index in [1.165, 1.54) is 0 Å². The highest BCUT2D eigenvalue weighted by Gasteiger charge is 2.37. The van der Waals surface area contributed by atoms with E-state index < -0.39 is 14.5 Å². The molecule has 118 valence electrons. The van der Waals surface area contributed by atoms with E-state index in [9.17, 15) is 8.42 Å². The van der Waals surface area contributed by atoms with Gasteiger partial charge in [0.25, 0.3) is 0 Å². The molecule has 1 aromatic rings. The molecule has 2 rings (SSSR count). The van der Waals surface area contributed by atoms with Gasteiger partial charge in [-0.2, -0.15) is 0 Å². The Labute approximate surface area is 130 Å². The molecule has 1 heterocycles. The van der Waals surface area contributed by atoms with E-state index in [1.807, 2.05) is 24.3 Å². The van der Waals surface area contributed by atoms with Gasteiger partial charge in [0.2, 0.25) is 9.05 Å². The summed E-state index contributed by atoms with van der Waals surface area (Å²) in [5.74, 6) is 0.747. The Kier molecular flexibility index (Phi) is 5.52. The predicted molar refractivity (Wildman–Crippen MR) is 83.4 cm³/mol. The molecule has 0 N–H and O–H groups in total. The first-order valence-corrected chi connectivity index (χ1v) is 9.63. The number of halogens is 1. The molecular weight excluding hydrogens is 312 g/mol. The van der Waals surface area contributed by atoms with E-state index in [0.29, 0.717) is 32.7 Å². The molecule has 0 aromatic heterocycles. The number of rotatable bonds is 6. The topological polar surface area (TPSA) is 52.6 Å². The van der Waals surface area contributed by atoms with Crippen LogP contribution >= 0.6 is 10.7 Å². The number of ether oxygens (including phenoxy) is 2. The molecule has 0 unspecified atom stereocenters. The van der Waals surface area contributed by atoms with Crippen molar-refractivity contribution in [2.24, 2.45) is 5.41 Å². The molecule has 0 aliphatic carbocycles. The SMILES string of the molecule is CCc1ccccc1OCC1(CS(=O)(=O)Cl)CCOCC1. The van der Waals surface area contributed by atoms with Gasteiger partial charge < -0.3 is 9.47 Å². The Balaban J connectivity index is 2.12. The molecule has 1 aromatic carbocycles. The van der Waals surface area contributed by atoms with Crippen molar-refractivity contribution in [1.29, 1.82) is 0 Å². The van der Waals surface area contributed by atoms with Crippen LogP contribution in [0.4, 0.5) is 0 Å². The van der Waals surface area contributed by atoms with Crippen molar-refractivity contribution in [3.8, 4) is 5.75 Å². The second-order valence-electron chi connectivity index (χ2n) is 5.55. The van der Waals surface area contributed by atoms with Crippen LogP contribution in [0.15, 0.2) is 24.3 Å². The lowest BCUT2D eigenvalue weighted by molar-refractivity contribution is 0.00213. The zero-order chi connectivity index (χ0) is 15.3. The minimum Gasteiger partial charge on any atom is -0.493 e. The first-order valence-electron chi connectivity index (χ1n) is 7.15. The van der Waals surface area contributed by atoms with Crippen LogP contribution in [0, 0.1) is 5.41 Å². The molecule has 0 radical (unpaired) electrons. The zero-order valence-electron chi connectivity index (χ0n) is 12.2. The van der Waals surface area contributed by atoms with Crippen LogP contribution in [0.3, 0.4) is 0 Å². The second-order valence-corrected chi connectivity index (χ2v) is 8.32. The Hall–Kier alpha value is -0.780. The predicted octanol–water partition coefficient (Wildman–Crippen LogP) is 2.99. The van der Waals surface area contributed by atoms with Crippen molar-refractivity contribution in [1.82, 2.24) is 0 Å². The van der Waals surface area contributed by atoms with Gasteiger partial charge in [0, 0.05) is 29.3 Å². The van der Waals surface area contributed by atoms with Crippen LogP contribution in [0.25, 0.3) is 0 Å². The van der Waals surface area contributed by atoms with Crippen LogP contribution < -0.4 is 4.74 Å². The number of hydrogen-bond acceptors (Lipinski definition) is 4. The Bertz CT molecular complexity index is 565. The van der Waals surface area contributed by atoms with Crippen molar-refractivity contribution in [3.05, 3.63) is 29.8 Å². The summed E-state index contributed by atoms with van der Waals surface area (Å²) >= 11 is 0. The lowest BCUT2D eigenvalue weighted by Crippen LogP contribution is -2.40. The van der Waals surface area contributed by atoms with Crippen molar-refractivity contribution >= 4 is 19.7 Å². The van der Waals surface area contributed by atoms with Gasteiger partial charge in [-0.3, -0.25) is 0 Å². The highest BCUT2D eigenvalue weighted by Crippen LogP contribution is 2.34. The molecule has 0 atom stereocenters. The summed E-state index contributed by atoms with van der Waals surface area (Å²) in [6.07, 6.45) is 2.17. The smallest absolute Gasteiger partial charge is 0.233 e.